The van der Waals surface area contributed by atoms with E-state index in [1.807, 2.05) is 11.3 Å². The third-order valence-corrected chi connectivity index (χ3v) is 6.83. The lowest BCUT2D eigenvalue weighted by molar-refractivity contribution is 0.106. The number of nitrogens with zero attached hydrogens (tertiary/aromatic N) is 4. The summed E-state index contributed by atoms with van der Waals surface area (Å²) in [6.45, 7) is 6.77. The van der Waals surface area contributed by atoms with Crippen LogP contribution in [0.15, 0.2) is 30.5 Å². The van der Waals surface area contributed by atoms with Crippen molar-refractivity contribution in [1.29, 1.82) is 0 Å². The van der Waals surface area contributed by atoms with E-state index in [0.717, 1.165) is 23.7 Å². The van der Waals surface area contributed by atoms with E-state index in [2.05, 4.69) is 40.8 Å². The molecule has 1 aromatic carbocycles. The van der Waals surface area contributed by atoms with Gasteiger partial charge in [-0.1, -0.05) is 23.5 Å². The summed E-state index contributed by atoms with van der Waals surface area (Å²) >= 11 is 1.81. The highest BCUT2D eigenvalue weighted by Gasteiger charge is 2.46. The number of rotatable bonds is 3. The first kappa shape index (κ1) is 16.1. The lowest BCUT2D eigenvalue weighted by Gasteiger charge is -2.56. The quantitative estimate of drug-likeness (QED) is 0.702. The molecule has 3 aliphatic heterocycles. The highest BCUT2D eigenvalue weighted by molar-refractivity contribution is 7.22. The van der Waals surface area contributed by atoms with Gasteiger partial charge in [0, 0.05) is 37.9 Å². The standard InChI is InChI=1S/C20H21FN4S/c1-12-5-6-13(2)19-18(12)23-20(26-19)25-14-8-15(25)10-24(9-14)11-17-16(21)4-3-7-22-17/h3-7,14-15H,8-11H2,1-2H3. The topological polar surface area (TPSA) is 32.3 Å². The first-order valence-electron chi connectivity index (χ1n) is 9.07. The molecular formula is C20H21FN4S. The van der Waals surface area contributed by atoms with E-state index in [0.29, 0.717) is 24.3 Å². The molecule has 6 heteroatoms. The Morgan fingerprint density at radius 2 is 1.92 bits per heavy atom. The zero-order valence-corrected chi connectivity index (χ0v) is 15.8. The monoisotopic (exact) mass is 368 g/mol. The number of benzene rings is 1. The molecule has 0 radical (unpaired) electrons. The molecule has 3 aliphatic rings. The number of anilines is 1. The van der Waals surface area contributed by atoms with E-state index in [9.17, 15) is 4.39 Å². The van der Waals surface area contributed by atoms with E-state index in [1.54, 1.807) is 12.3 Å². The molecule has 3 aromatic rings. The van der Waals surface area contributed by atoms with Crippen LogP contribution in [-0.4, -0.2) is 40.0 Å². The normalized spacial score (nSPS) is 22.7. The van der Waals surface area contributed by atoms with Gasteiger partial charge in [-0.25, -0.2) is 9.37 Å². The van der Waals surface area contributed by atoms with Crippen molar-refractivity contribution >= 4 is 26.7 Å². The van der Waals surface area contributed by atoms with Crippen LogP contribution in [0.3, 0.4) is 0 Å². The van der Waals surface area contributed by atoms with Crippen molar-refractivity contribution in [2.24, 2.45) is 0 Å². The molecule has 4 nitrogen and oxygen atoms in total. The fourth-order valence-electron chi connectivity index (χ4n) is 4.24. The van der Waals surface area contributed by atoms with E-state index >= 15 is 0 Å². The molecule has 3 fully saturated rings. The molecule has 2 atom stereocenters. The van der Waals surface area contributed by atoms with Crippen molar-refractivity contribution in [3.8, 4) is 0 Å². The number of pyridine rings is 1. The Kier molecular flexibility index (Phi) is 3.72. The zero-order chi connectivity index (χ0) is 17.8. The number of fused-ring (bicyclic) bond motifs is 3. The summed E-state index contributed by atoms with van der Waals surface area (Å²) in [5.74, 6) is -0.208. The van der Waals surface area contributed by atoms with Crippen molar-refractivity contribution in [2.75, 3.05) is 18.0 Å². The summed E-state index contributed by atoms with van der Waals surface area (Å²) in [5.41, 5.74) is 4.23. The predicted molar refractivity (Wildman–Crippen MR) is 103 cm³/mol. The van der Waals surface area contributed by atoms with Gasteiger partial charge in [-0.2, -0.15) is 0 Å². The summed E-state index contributed by atoms with van der Waals surface area (Å²) in [4.78, 5) is 14.0. The summed E-state index contributed by atoms with van der Waals surface area (Å²) in [7, 11) is 0. The summed E-state index contributed by atoms with van der Waals surface area (Å²) < 4.78 is 15.2. The summed E-state index contributed by atoms with van der Waals surface area (Å²) in [6.07, 6.45) is 2.87. The molecule has 2 bridgehead atoms. The minimum Gasteiger partial charge on any atom is -0.339 e. The highest BCUT2D eigenvalue weighted by atomic mass is 32.1. The van der Waals surface area contributed by atoms with Crippen LogP contribution in [0.2, 0.25) is 0 Å². The lowest BCUT2D eigenvalue weighted by Crippen LogP contribution is -2.68. The van der Waals surface area contributed by atoms with E-state index < -0.39 is 0 Å². The fraction of sp³-hybridized carbons (Fsp3) is 0.400. The summed E-state index contributed by atoms with van der Waals surface area (Å²) in [5, 5.41) is 1.14. The second-order valence-electron chi connectivity index (χ2n) is 7.45. The second-order valence-corrected chi connectivity index (χ2v) is 8.43. The number of hydrogen-bond donors (Lipinski definition) is 0. The average molecular weight is 368 g/mol. The lowest BCUT2D eigenvalue weighted by atomic mass is 9.88. The first-order valence-corrected chi connectivity index (χ1v) is 9.88. The molecule has 0 amide bonds. The predicted octanol–water partition coefficient (Wildman–Crippen LogP) is 3.91. The van der Waals surface area contributed by atoms with Crippen LogP contribution in [0.25, 0.3) is 10.2 Å². The Labute approximate surface area is 156 Å². The summed E-state index contributed by atoms with van der Waals surface area (Å²) in [6, 6.07) is 8.42. The maximum Gasteiger partial charge on any atom is 0.187 e. The largest absolute Gasteiger partial charge is 0.339 e. The third-order valence-electron chi connectivity index (χ3n) is 5.63. The fourth-order valence-corrected chi connectivity index (χ4v) is 5.50. The van der Waals surface area contributed by atoms with Gasteiger partial charge in [-0.15, -0.1) is 0 Å². The Balaban J connectivity index is 1.36. The molecule has 6 rings (SSSR count). The van der Waals surface area contributed by atoms with Gasteiger partial charge in [0.1, 0.15) is 5.82 Å². The Bertz CT molecular complexity index is 934. The molecule has 2 aromatic heterocycles. The first-order chi connectivity index (χ1) is 12.6. The number of piperazine rings is 1. The Hall–Kier alpha value is -2.05. The number of hydrogen-bond acceptors (Lipinski definition) is 5. The van der Waals surface area contributed by atoms with Crippen LogP contribution in [0, 0.1) is 19.7 Å². The SMILES string of the molecule is Cc1ccc(C)c2sc(N3C4CC3CN(Cc3ncccc3F)C4)nc12. The molecule has 0 aliphatic carbocycles. The number of piperidine rings is 1. The van der Waals surface area contributed by atoms with Crippen LogP contribution in [0.4, 0.5) is 9.52 Å². The molecule has 3 saturated heterocycles. The zero-order valence-electron chi connectivity index (χ0n) is 14.9. The second kappa shape index (κ2) is 5.99. The molecule has 2 unspecified atom stereocenters. The van der Waals surface area contributed by atoms with Crippen LogP contribution >= 0.6 is 11.3 Å². The van der Waals surface area contributed by atoms with Gasteiger partial charge in [0.05, 0.1) is 15.9 Å². The van der Waals surface area contributed by atoms with Gasteiger partial charge in [0.15, 0.2) is 5.13 Å². The van der Waals surface area contributed by atoms with E-state index in [-0.39, 0.29) is 5.82 Å². The smallest absolute Gasteiger partial charge is 0.187 e. The van der Waals surface area contributed by atoms with Gasteiger partial charge in [0.2, 0.25) is 0 Å². The molecule has 0 spiro atoms. The molecule has 5 heterocycles. The Morgan fingerprint density at radius 1 is 1.15 bits per heavy atom. The van der Waals surface area contributed by atoms with Crippen LogP contribution in [0.5, 0.6) is 0 Å². The van der Waals surface area contributed by atoms with E-state index in [4.69, 9.17) is 4.98 Å². The number of halogens is 1. The van der Waals surface area contributed by atoms with Gasteiger partial charge >= 0.3 is 0 Å². The van der Waals surface area contributed by atoms with Crippen LogP contribution in [0.1, 0.15) is 23.2 Å². The van der Waals surface area contributed by atoms with Crippen LogP contribution < -0.4 is 4.90 Å². The van der Waals surface area contributed by atoms with Gasteiger partial charge in [-0.05, 0) is 43.5 Å². The molecule has 0 N–H and O–H groups in total. The minimum atomic E-state index is -0.208. The maximum atomic E-state index is 13.9. The molecular weight excluding hydrogens is 347 g/mol. The molecule has 26 heavy (non-hydrogen) atoms. The van der Waals surface area contributed by atoms with Crippen molar-refractivity contribution in [3.05, 3.63) is 53.1 Å². The highest BCUT2D eigenvalue weighted by Crippen LogP contribution is 2.42. The van der Waals surface area contributed by atoms with Crippen molar-refractivity contribution < 1.29 is 4.39 Å². The van der Waals surface area contributed by atoms with Gasteiger partial charge in [-0.3, -0.25) is 9.88 Å². The van der Waals surface area contributed by atoms with E-state index in [1.165, 1.54) is 28.3 Å². The number of aryl methyl sites for hydroxylation is 2. The minimum absolute atomic E-state index is 0.208. The number of aromatic nitrogens is 2. The van der Waals surface area contributed by atoms with Crippen LogP contribution in [-0.2, 0) is 6.54 Å². The Morgan fingerprint density at radius 3 is 2.65 bits per heavy atom. The van der Waals surface area contributed by atoms with Crippen molar-refractivity contribution in [3.63, 3.8) is 0 Å². The molecule has 0 saturated carbocycles. The molecule has 134 valence electrons. The van der Waals surface area contributed by atoms with Gasteiger partial charge in [0.25, 0.3) is 0 Å². The third kappa shape index (κ3) is 2.51. The van der Waals surface area contributed by atoms with Crippen molar-refractivity contribution in [1.82, 2.24) is 14.9 Å². The maximum absolute atomic E-state index is 13.9. The average Bonchev–Trinajstić information content (AvgIpc) is 3.06. The van der Waals surface area contributed by atoms with Crippen molar-refractivity contribution in [2.45, 2.75) is 38.9 Å². The number of thiazole rings is 1. The van der Waals surface area contributed by atoms with Gasteiger partial charge < -0.3 is 4.90 Å².